The number of carbonyl (C=O) groups excluding carboxylic acids is 2. The number of unbranched alkanes of at least 4 members (excludes halogenated alkanes) is 2. The minimum atomic E-state index is -0.501. The van der Waals surface area contributed by atoms with Crippen LogP contribution in [0.25, 0.3) is 0 Å². The lowest BCUT2D eigenvalue weighted by atomic mass is 10.0. The fourth-order valence-corrected chi connectivity index (χ4v) is 1.94. The zero-order chi connectivity index (χ0) is 16.4. The van der Waals surface area contributed by atoms with E-state index in [4.69, 9.17) is 0 Å². The van der Waals surface area contributed by atoms with Gasteiger partial charge in [-0.2, -0.15) is 0 Å². The molecule has 1 heterocycles. The zero-order valence-electron chi connectivity index (χ0n) is 13.0. The standard InChI is InChI=1S/C14H23N5O3/c1-3-4-5-6-12(9-19(22)10-20)13(21)17-18-14-15-8-7-11(2)16-14/h7-8,10,12,22H,3-6,9H2,1-2H3,(H,17,21)(H,15,16,18)/t12-/m0/s1. The van der Waals surface area contributed by atoms with Crippen molar-refractivity contribution < 1.29 is 14.8 Å². The van der Waals surface area contributed by atoms with Gasteiger partial charge in [0.05, 0.1) is 12.5 Å². The fraction of sp³-hybridized carbons (Fsp3) is 0.571. The normalized spacial score (nSPS) is 11.6. The van der Waals surface area contributed by atoms with Crippen LogP contribution in [0.3, 0.4) is 0 Å². The zero-order valence-corrected chi connectivity index (χ0v) is 13.0. The van der Waals surface area contributed by atoms with E-state index in [1.165, 1.54) is 0 Å². The molecule has 1 aromatic rings. The lowest BCUT2D eigenvalue weighted by molar-refractivity contribution is -0.154. The summed E-state index contributed by atoms with van der Waals surface area (Å²) in [6.45, 7) is 3.83. The van der Waals surface area contributed by atoms with Crippen molar-refractivity contribution in [1.82, 2.24) is 20.5 Å². The molecule has 0 bridgehead atoms. The Kier molecular flexibility index (Phi) is 7.84. The molecule has 8 heteroatoms. The lowest BCUT2D eigenvalue weighted by Gasteiger charge is -2.19. The Morgan fingerprint density at radius 3 is 2.91 bits per heavy atom. The van der Waals surface area contributed by atoms with Crippen LogP contribution in [0.2, 0.25) is 0 Å². The van der Waals surface area contributed by atoms with E-state index in [1.807, 2.05) is 6.92 Å². The summed E-state index contributed by atoms with van der Waals surface area (Å²) < 4.78 is 0. The highest BCUT2D eigenvalue weighted by molar-refractivity contribution is 5.80. The van der Waals surface area contributed by atoms with Gasteiger partial charge < -0.3 is 0 Å². The molecule has 3 N–H and O–H groups in total. The molecule has 0 saturated heterocycles. The number of hydroxylamine groups is 2. The van der Waals surface area contributed by atoms with Crippen LogP contribution in [0.1, 0.15) is 38.3 Å². The van der Waals surface area contributed by atoms with E-state index in [0.717, 1.165) is 25.0 Å². The number of hydrogen-bond donors (Lipinski definition) is 3. The number of hydrogen-bond acceptors (Lipinski definition) is 6. The van der Waals surface area contributed by atoms with Crippen LogP contribution in [0.5, 0.6) is 0 Å². The van der Waals surface area contributed by atoms with Gasteiger partial charge in [0.2, 0.25) is 18.3 Å². The summed E-state index contributed by atoms with van der Waals surface area (Å²) in [7, 11) is 0. The van der Waals surface area contributed by atoms with Gasteiger partial charge in [-0.25, -0.2) is 15.0 Å². The van der Waals surface area contributed by atoms with Gasteiger partial charge in [0.1, 0.15) is 0 Å². The maximum Gasteiger partial charge on any atom is 0.243 e. The van der Waals surface area contributed by atoms with Gasteiger partial charge in [-0.05, 0) is 19.4 Å². The quantitative estimate of drug-likeness (QED) is 0.260. The first kappa shape index (κ1) is 17.8. The minimum Gasteiger partial charge on any atom is -0.286 e. The molecule has 0 aliphatic carbocycles. The first-order valence-electron chi connectivity index (χ1n) is 7.33. The summed E-state index contributed by atoms with van der Waals surface area (Å²) in [5.74, 6) is -0.530. The number of amides is 2. The molecule has 22 heavy (non-hydrogen) atoms. The third-order valence-corrected chi connectivity index (χ3v) is 3.15. The smallest absolute Gasteiger partial charge is 0.243 e. The Hall–Kier alpha value is -2.22. The Labute approximate surface area is 129 Å². The summed E-state index contributed by atoms with van der Waals surface area (Å²) >= 11 is 0. The first-order chi connectivity index (χ1) is 10.6. The third kappa shape index (κ3) is 6.49. The molecule has 1 atom stereocenters. The first-order valence-corrected chi connectivity index (χ1v) is 7.33. The molecule has 0 aliphatic heterocycles. The van der Waals surface area contributed by atoms with E-state index >= 15 is 0 Å². The Morgan fingerprint density at radius 2 is 2.27 bits per heavy atom. The monoisotopic (exact) mass is 309 g/mol. The Balaban J connectivity index is 2.55. The predicted octanol–water partition coefficient (Wildman–Crippen LogP) is 1.27. The average molecular weight is 309 g/mol. The number of anilines is 1. The summed E-state index contributed by atoms with van der Waals surface area (Å²) in [5, 5.41) is 9.78. The van der Waals surface area contributed by atoms with Crippen LogP contribution in [-0.4, -0.2) is 39.1 Å². The van der Waals surface area contributed by atoms with Crippen molar-refractivity contribution in [2.75, 3.05) is 12.0 Å². The highest BCUT2D eigenvalue weighted by Crippen LogP contribution is 2.11. The van der Waals surface area contributed by atoms with E-state index < -0.39 is 5.92 Å². The van der Waals surface area contributed by atoms with Crippen molar-refractivity contribution in [2.45, 2.75) is 39.5 Å². The second kappa shape index (κ2) is 9.67. The number of nitrogens with one attached hydrogen (secondary N) is 2. The molecule has 0 unspecified atom stereocenters. The largest absolute Gasteiger partial charge is 0.286 e. The molecular formula is C14H23N5O3. The molecule has 2 amide bonds. The third-order valence-electron chi connectivity index (χ3n) is 3.15. The Bertz CT molecular complexity index is 483. The molecule has 1 rings (SSSR count). The van der Waals surface area contributed by atoms with Gasteiger partial charge in [-0.1, -0.05) is 26.2 Å². The molecule has 0 fully saturated rings. The second-order valence-electron chi connectivity index (χ2n) is 5.06. The van der Waals surface area contributed by atoms with Crippen LogP contribution < -0.4 is 10.9 Å². The van der Waals surface area contributed by atoms with E-state index in [1.54, 1.807) is 12.3 Å². The number of aromatic nitrogens is 2. The van der Waals surface area contributed by atoms with E-state index in [0.29, 0.717) is 11.5 Å². The highest BCUT2D eigenvalue weighted by atomic mass is 16.5. The van der Waals surface area contributed by atoms with Crippen molar-refractivity contribution in [3.8, 4) is 0 Å². The molecular weight excluding hydrogens is 286 g/mol. The van der Waals surface area contributed by atoms with Gasteiger partial charge in [-0.15, -0.1) is 0 Å². The molecule has 0 spiro atoms. The van der Waals surface area contributed by atoms with Gasteiger partial charge in [0.15, 0.2) is 0 Å². The highest BCUT2D eigenvalue weighted by Gasteiger charge is 2.20. The van der Waals surface area contributed by atoms with Crippen LogP contribution in [-0.2, 0) is 9.59 Å². The molecule has 0 aromatic carbocycles. The van der Waals surface area contributed by atoms with E-state index in [-0.39, 0.29) is 24.8 Å². The SMILES string of the molecule is CCCCC[C@@H](CN(O)C=O)C(=O)NNc1nccc(C)n1. The summed E-state index contributed by atoms with van der Waals surface area (Å²) in [4.78, 5) is 30.8. The van der Waals surface area contributed by atoms with Gasteiger partial charge in [0, 0.05) is 11.9 Å². The van der Waals surface area contributed by atoms with Crippen molar-refractivity contribution in [3.05, 3.63) is 18.0 Å². The van der Waals surface area contributed by atoms with Crippen LogP contribution in [0, 0.1) is 12.8 Å². The Morgan fingerprint density at radius 1 is 1.50 bits per heavy atom. The molecule has 1 aromatic heterocycles. The predicted molar refractivity (Wildman–Crippen MR) is 80.7 cm³/mol. The fourth-order valence-electron chi connectivity index (χ4n) is 1.94. The molecule has 0 saturated carbocycles. The van der Waals surface area contributed by atoms with Gasteiger partial charge in [0.25, 0.3) is 0 Å². The molecule has 122 valence electrons. The topological polar surface area (TPSA) is 107 Å². The summed E-state index contributed by atoms with van der Waals surface area (Å²) in [6.07, 6.45) is 5.32. The number of rotatable bonds is 10. The van der Waals surface area contributed by atoms with Crippen LogP contribution >= 0.6 is 0 Å². The molecule has 0 radical (unpaired) electrons. The molecule has 0 aliphatic rings. The number of hydrazine groups is 1. The second-order valence-corrected chi connectivity index (χ2v) is 5.06. The maximum absolute atomic E-state index is 12.2. The van der Waals surface area contributed by atoms with Crippen molar-refractivity contribution in [2.24, 2.45) is 5.92 Å². The van der Waals surface area contributed by atoms with Crippen LogP contribution in [0.15, 0.2) is 12.3 Å². The van der Waals surface area contributed by atoms with Crippen molar-refractivity contribution >= 4 is 18.3 Å². The van der Waals surface area contributed by atoms with E-state index in [9.17, 15) is 14.8 Å². The maximum atomic E-state index is 12.2. The van der Waals surface area contributed by atoms with Gasteiger partial charge >= 0.3 is 0 Å². The van der Waals surface area contributed by atoms with Crippen LogP contribution in [0.4, 0.5) is 5.95 Å². The number of nitrogens with zero attached hydrogens (tertiary/aromatic N) is 3. The minimum absolute atomic E-state index is 0.0462. The lowest BCUT2D eigenvalue weighted by Crippen LogP contribution is -2.40. The van der Waals surface area contributed by atoms with E-state index in [2.05, 4.69) is 27.7 Å². The average Bonchev–Trinajstić information content (AvgIpc) is 2.51. The van der Waals surface area contributed by atoms with Crippen molar-refractivity contribution in [3.63, 3.8) is 0 Å². The number of aryl methyl sites for hydroxylation is 1. The van der Waals surface area contributed by atoms with Gasteiger partial charge in [-0.3, -0.25) is 25.6 Å². The number of carbonyl (C=O) groups is 2. The molecule has 8 nitrogen and oxygen atoms in total. The van der Waals surface area contributed by atoms with Crippen molar-refractivity contribution in [1.29, 1.82) is 0 Å². The summed E-state index contributed by atoms with van der Waals surface area (Å²) in [6, 6.07) is 1.74. The summed E-state index contributed by atoms with van der Waals surface area (Å²) in [5.41, 5.74) is 5.92.